The maximum absolute atomic E-state index is 14.8. The Hall–Kier alpha value is -2.23. The second-order valence-corrected chi connectivity index (χ2v) is 8.99. The zero-order valence-corrected chi connectivity index (χ0v) is 17.8. The molecule has 1 N–H and O–H groups in total. The molecule has 2 saturated heterocycles. The third-order valence-corrected chi connectivity index (χ3v) is 6.75. The van der Waals surface area contributed by atoms with Crippen molar-refractivity contribution in [1.82, 2.24) is 19.7 Å². The standard InChI is InChI=1S/C21H24FN5O2S/c1-12-5-14-8-23-27(17(14)6-16(12)21(30)3-4-29-11-18(21)22)20-7-19(24-13(2)25-20)26-9-15(28)10-26/h5-8,15,18,28,30H,3-4,9-11H2,1-2H3/t18?,21-/m0/s1. The van der Waals surface area contributed by atoms with Gasteiger partial charge in [0.15, 0.2) is 5.82 Å². The Bertz CT molecular complexity index is 1120. The van der Waals surface area contributed by atoms with Crippen molar-refractivity contribution < 1.29 is 14.2 Å². The number of fused-ring (bicyclic) bond motifs is 1. The molecule has 4 heterocycles. The molecule has 7 nitrogen and oxygen atoms in total. The molecule has 158 valence electrons. The van der Waals surface area contributed by atoms with Crippen LogP contribution in [0.15, 0.2) is 24.4 Å². The normalized spacial score (nSPS) is 25.0. The van der Waals surface area contributed by atoms with E-state index >= 15 is 0 Å². The van der Waals surface area contributed by atoms with Crippen LogP contribution >= 0.6 is 12.6 Å². The van der Waals surface area contributed by atoms with Crippen LogP contribution in [-0.2, 0) is 9.48 Å². The second kappa shape index (κ2) is 7.18. The fraction of sp³-hybridized carbons (Fsp3) is 0.476. The minimum Gasteiger partial charge on any atom is -0.389 e. The number of aliphatic hydroxyl groups is 1. The summed E-state index contributed by atoms with van der Waals surface area (Å²) in [5.41, 5.74) is 2.68. The predicted molar refractivity (Wildman–Crippen MR) is 115 cm³/mol. The minimum absolute atomic E-state index is 0.0520. The molecule has 1 unspecified atom stereocenters. The Labute approximate surface area is 179 Å². The van der Waals surface area contributed by atoms with Crippen LogP contribution < -0.4 is 4.90 Å². The summed E-state index contributed by atoms with van der Waals surface area (Å²) in [5, 5.41) is 15.1. The van der Waals surface area contributed by atoms with Crippen molar-refractivity contribution in [3.63, 3.8) is 0 Å². The lowest BCUT2D eigenvalue weighted by Gasteiger charge is -2.37. The molecule has 0 radical (unpaired) electrons. The highest BCUT2D eigenvalue weighted by molar-refractivity contribution is 7.81. The smallest absolute Gasteiger partial charge is 0.159 e. The second-order valence-electron chi connectivity index (χ2n) is 8.19. The zero-order chi connectivity index (χ0) is 21.0. The molecule has 0 spiro atoms. The highest BCUT2D eigenvalue weighted by Gasteiger charge is 2.41. The first-order valence-corrected chi connectivity index (χ1v) is 10.5. The Morgan fingerprint density at radius 1 is 1.20 bits per heavy atom. The maximum Gasteiger partial charge on any atom is 0.159 e. The number of nitrogens with zero attached hydrogens (tertiary/aromatic N) is 5. The van der Waals surface area contributed by atoms with Gasteiger partial charge in [0, 0.05) is 31.1 Å². The first-order valence-electron chi connectivity index (χ1n) is 10.1. The number of anilines is 1. The lowest BCUT2D eigenvalue weighted by atomic mass is 9.85. The summed E-state index contributed by atoms with van der Waals surface area (Å²) in [5.74, 6) is 2.03. The lowest BCUT2D eigenvalue weighted by Crippen LogP contribution is -2.51. The quantitative estimate of drug-likeness (QED) is 0.623. The average Bonchev–Trinajstić information content (AvgIpc) is 3.09. The number of halogens is 1. The van der Waals surface area contributed by atoms with Gasteiger partial charge in [0.25, 0.3) is 0 Å². The van der Waals surface area contributed by atoms with Crippen LogP contribution in [0.4, 0.5) is 10.2 Å². The highest BCUT2D eigenvalue weighted by Crippen LogP contribution is 2.43. The van der Waals surface area contributed by atoms with E-state index in [4.69, 9.17) is 17.4 Å². The number of rotatable bonds is 3. The van der Waals surface area contributed by atoms with Crippen molar-refractivity contribution in [2.45, 2.75) is 37.3 Å². The number of thiol groups is 1. The van der Waals surface area contributed by atoms with Gasteiger partial charge in [-0.3, -0.25) is 0 Å². The minimum atomic E-state index is -1.19. The monoisotopic (exact) mass is 429 g/mol. The molecule has 0 amide bonds. The Morgan fingerprint density at radius 3 is 2.70 bits per heavy atom. The summed E-state index contributed by atoms with van der Waals surface area (Å²) in [4.78, 5) is 11.1. The molecule has 9 heteroatoms. The van der Waals surface area contributed by atoms with Crippen LogP contribution in [0.2, 0.25) is 0 Å². The van der Waals surface area contributed by atoms with Crippen molar-refractivity contribution in [2.24, 2.45) is 0 Å². The van der Waals surface area contributed by atoms with Gasteiger partial charge >= 0.3 is 0 Å². The molecule has 2 atom stereocenters. The van der Waals surface area contributed by atoms with Gasteiger partial charge < -0.3 is 14.7 Å². The molecule has 2 aromatic heterocycles. The van der Waals surface area contributed by atoms with Gasteiger partial charge in [-0.25, -0.2) is 19.0 Å². The molecule has 2 fully saturated rings. The number of aryl methyl sites for hydroxylation is 2. The van der Waals surface area contributed by atoms with Crippen molar-refractivity contribution in [3.8, 4) is 5.82 Å². The summed E-state index contributed by atoms with van der Waals surface area (Å²) >= 11 is 4.78. The van der Waals surface area contributed by atoms with E-state index in [2.05, 4.69) is 15.1 Å². The van der Waals surface area contributed by atoms with Crippen molar-refractivity contribution >= 4 is 29.3 Å². The van der Waals surface area contributed by atoms with Gasteiger partial charge in [0.05, 0.1) is 29.2 Å². The van der Waals surface area contributed by atoms with E-state index < -0.39 is 10.9 Å². The number of hydrogen-bond donors (Lipinski definition) is 2. The molecule has 2 aliphatic rings. The number of aliphatic hydroxyl groups excluding tert-OH is 1. The summed E-state index contributed by atoms with van der Waals surface area (Å²) in [7, 11) is 0. The van der Waals surface area contributed by atoms with E-state index in [1.54, 1.807) is 10.9 Å². The molecule has 5 rings (SSSR count). The fourth-order valence-corrected chi connectivity index (χ4v) is 4.71. The Balaban J connectivity index is 1.61. The molecule has 0 saturated carbocycles. The van der Waals surface area contributed by atoms with E-state index in [1.807, 2.05) is 36.9 Å². The maximum atomic E-state index is 14.8. The van der Waals surface area contributed by atoms with Crippen LogP contribution in [0.3, 0.4) is 0 Å². The van der Waals surface area contributed by atoms with E-state index in [9.17, 15) is 9.50 Å². The Morgan fingerprint density at radius 2 is 1.97 bits per heavy atom. The number of β-amino-alcohol motifs (C(OH)–C–C–N with tert-alkyl or cyclic N) is 1. The highest BCUT2D eigenvalue weighted by atomic mass is 32.1. The average molecular weight is 430 g/mol. The first kappa shape index (κ1) is 19.7. The van der Waals surface area contributed by atoms with E-state index in [0.29, 0.717) is 37.8 Å². The molecular formula is C21H24FN5O2S. The number of aromatic nitrogens is 4. The van der Waals surface area contributed by atoms with Crippen LogP contribution in [0.1, 0.15) is 23.4 Å². The van der Waals surface area contributed by atoms with Gasteiger partial charge in [-0.1, -0.05) is 0 Å². The van der Waals surface area contributed by atoms with Crippen LogP contribution in [0.25, 0.3) is 16.7 Å². The number of ether oxygens (including phenoxy) is 1. The molecule has 1 aromatic carbocycles. The van der Waals surface area contributed by atoms with Crippen molar-refractivity contribution in [1.29, 1.82) is 0 Å². The first-order chi connectivity index (χ1) is 14.3. The van der Waals surface area contributed by atoms with Crippen LogP contribution in [0.5, 0.6) is 0 Å². The molecular weight excluding hydrogens is 405 g/mol. The Kier molecular flexibility index (Phi) is 4.72. The summed E-state index contributed by atoms with van der Waals surface area (Å²) in [6.07, 6.45) is 0.789. The predicted octanol–water partition coefficient (Wildman–Crippen LogP) is 2.50. The van der Waals surface area contributed by atoms with E-state index in [1.165, 1.54) is 0 Å². The molecule has 0 aliphatic carbocycles. The SMILES string of the molecule is Cc1nc(N2CC(O)C2)cc(-n2ncc3cc(C)c([C@@]4(S)CCOCC4F)cc32)n1. The number of hydrogen-bond acceptors (Lipinski definition) is 7. The molecule has 30 heavy (non-hydrogen) atoms. The van der Waals surface area contributed by atoms with Gasteiger partial charge in [-0.15, -0.1) is 0 Å². The number of alkyl halides is 1. The van der Waals surface area contributed by atoms with E-state index in [-0.39, 0.29) is 12.7 Å². The summed E-state index contributed by atoms with van der Waals surface area (Å²) < 4.78 is 21.0. The topological polar surface area (TPSA) is 76.3 Å². The van der Waals surface area contributed by atoms with Gasteiger partial charge in [0.1, 0.15) is 17.8 Å². The summed E-state index contributed by atoms with van der Waals surface area (Å²) in [6.45, 7) is 5.47. The molecule has 0 bridgehead atoms. The van der Waals surface area contributed by atoms with Crippen molar-refractivity contribution in [3.05, 3.63) is 41.3 Å². The van der Waals surface area contributed by atoms with Gasteiger partial charge in [0.2, 0.25) is 0 Å². The molecule has 2 aliphatic heterocycles. The zero-order valence-electron chi connectivity index (χ0n) is 16.9. The fourth-order valence-electron chi connectivity index (χ4n) is 4.30. The summed E-state index contributed by atoms with van der Waals surface area (Å²) in [6, 6.07) is 5.87. The van der Waals surface area contributed by atoms with Crippen LogP contribution in [-0.4, -0.2) is 63.4 Å². The van der Waals surface area contributed by atoms with E-state index in [0.717, 1.165) is 27.8 Å². The third kappa shape index (κ3) is 3.16. The molecule has 3 aromatic rings. The van der Waals surface area contributed by atoms with Crippen LogP contribution in [0, 0.1) is 13.8 Å². The number of benzene rings is 1. The van der Waals surface area contributed by atoms with Gasteiger partial charge in [-0.2, -0.15) is 17.7 Å². The van der Waals surface area contributed by atoms with Crippen molar-refractivity contribution in [2.75, 3.05) is 31.2 Å². The third-order valence-electron chi connectivity index (χ3n) is 6.00. The van der Waals surface area contributed by atoms with Gasteiger partial charge in [-0.05, 0) is 43.5 Å². The largest absolute Gasteiger partial charge is 0.389 e. The lowest BCUT2D eigenvalue weighted by molar-refractivity contribution is 0.0116.